The van der Waals surface area contributed by atoms with Gasteiger partial charge in [0.25, 0.3) is 0 Å². The summed E-state index contributed by atoms with van der Waals surface area (Å²) in [4.78, 5) is 0. The largest absolute Gasteiger partial charge is 0.507 e. The molecule has 2 aromatic rings. The van der Waals surface area contributed by atoms with Crippen LogP contribution >= 0.6 is 11.8 Å². The van der Waals surface area contributed by atoms with E-state index < -0.39 is 0 Å². The van der Waals surface area contributed by atoms with Crippen LogP contribution in [-0.4, -0.2) is 10.2 Å². The first-order valence-corrected chi connectivity index (χ1v) is 15.0. The minimum atomic E-state index is 0.112. The van der Waals surface area contributed by atoms with E-state index in [1.165, 1.54) is 11.1 Å². The Labute approximate surface area is 232 Å². The lowest BCUT2D eigenvalue weighted by molar-refractivity contribution is 0.378. The molecule has 0 amide bonds. The first kappa shape index (κ1) is 31.6. The summed E-state index contributed by atoms with van der Waals surface area (Å²) in [6.45, 7) is 26.7. The van der Waals surface area contributed by atoms with Crippen LogP contribution in [0.15, 0.2) is 24.3 Å². The van der Waals surface area contributed by atoms with Crippen molar-refractivity contribution in [2.24, 2.45) is 21.7 Å². The molecule has 0 radical (unpaired) electrons. The van der Waals surface area contributed by atoms with Gasteiger partial charge in [-0.15, -0.1) is 0 Å². The van der Waals surface area contributed by atoms with E-state index in [-0.39, 0.29) is 21.7 Å². The van der Waals surface area contributed by atoms with Gasteiger partial charge >= 0.3 is 0 Å². The van der Waals surface area contributed by atoms with Gasteiger partial charge in [0.05, 0.1) is 0 Å². The molecule has 0 saturated carbocycles. The fourth-order valence-corrected chi connectivity index (χ4v) is 5.85. The Morgan fingerprint density at radius 1 is 0.459 bits per heavy atom. The molecular formula is C34H54O2S. The summed E-state index contributed by atoms with van der Waals surface area (Å²) in [6, 6.07) is 8.86. The molecule has 37 heavy (non-hydrogen) atoms. The van der Waals surface area contributed by atoms with Crippen molar-refractivity contribution in [3.63, 3.8) is 0 Å². The third-order valence-electron chi connectivity index (χ3n) is 6.08. The van der Waals surface area contributed by atoms with Crippen LogP contribution in [0, 0.1) is 21.7 Å². The fourth-order valence-electron chi connectivity index (χ4n) is 4.94. The second-order valence-electron chi connectivity index (χ2n) is 16.0. The zero-order chi connectivity index (χ0) is 28.4. The molecule has 2 N–H and O–H groups in total. The zero-order valence-electron chi connectivity index (χ0n) is 25.9. The maximum Gasteiger partial charge on any atom is 0.122 e. The minimum Gasteiger partial charge on any atom is -0.507 e. The second kappa shape index (κ2) is 11.6. The molecular weight excluding hydrogens is 472 g/mol. The summed E-state index contributed by atoms with van der Waals surface area (Å²) in [5.74, 6) is 2.77. The lowest BCUT2D eigenvalue weighted by Gasteiger charge is -2.24. The summed E-state index contributed by atoms with van der Waals surface area (Å²) in [5, 5.41) is 22.2. The molecule has 0 aliphatic heterocycles. The van der Waals surface area contributed by atoms with Crippen LogP contribution in [0.3, 0.4) is 0 Å². The third kappa shape index (κ3) is 11.3. The number of hydrogen-bond donors (Lipinski definition) is 2. The van der Waals surface area contributed by atoms with Crippen LogP contribution < -0.4 is 0 Å². The van der Waals surface area contributed by atoms with Crippen LogP contribution in [-0.2, 0) is 37.2 Å². The number of benzene rings is 2. The SMILES string of the molecule is CC(C)(C)Cc1cc(CSCc2cc(CC(C)(C)C)c(O)c(CC(C)(C)C)c2)cc(CC(C)(C)C)c1O. The number of phenols is 2. The molecule has 0 aliphatic rings. The lowest BCUT2D eigenvalue weighted by Crippen LogP contribution is -2.13. The highest BCUT2D eigenvalue weighted by Crippen LogP contribution is 2.37. The van der Waals surface area contributed by atoms with Crippen molar-refractivity contribution in [3.8, 4) is 11.5 Å². The second-order valence-corrected chi connectivity index (χ2v) is 17.0. The molecule has 2 rings (SSSR count). The van der Waals surface area contributed by atoms with Gasteiger partial charge in [0.15, 0.2) is 0 Å². The summed E-state index contributed by atoms with van der Waals surface area (Å²) in [5.41, 5.74) is 7.27. The maximum absolute atomic E-state index is 11.1. The van der Waals surface area contributed by atoms with Crippen molar-refractivity contribution in [1.82, 2.24) is 0 Å². The van der Waals surface area contributed by atoms with Gasteiger partial charge in [-0.2, -0.15) is 11.8 Å². The van der Waals surface area contributed by atoms with Gasteiger partial charge < -0.3 is 10.2 Å². The Morgan fingerprint density at radius 3 is 0.865 bits per heavy atom. The molecule has 0 atom stereocenters. The Hall–Kier alpha value is -1.61. The van der Waals surface area contributed by atoms with Gasteiger partial charge in [-0.3, -0.25) is 0 Å². The number of rotatable bonds is 8. The molecule has 3 heteroatoms. The first-order chi connectivity index (χ1) is 16.6. The van der Waals surface area contributed by atoms with E-state index in [0.717, 1.165) is 59.4 Å². The quantitative estimate of drug-likeness (QED) is 0.359. The van der Waals surface area contributed by atoms with Gasteiger partial charge in [0.1, 0.15) is 11.5 Å². The molecule has 0 aromatic heterocycles. The first-order valence-electron chi connectivity index (χ1n) is 13.9. The number of hydrogen-bond acceptors (Lipinski definition) is 3. The Morgan fingerprint density at radius 2 is 0.676 bits per heavy atom. The van der Waals surface area contributed by atoms with Gasteiger partial charge in [0.2, 0.25) is 0 Å². The number of aromatic hydroxyl groups is 2. The third-order valence-corrected chi connectivity index (χ3v) is 7.15. The molecule has 0 bridgehead atoms. The van der Waals surface area contributed by atoms with Gasteiger partial charge in [-0.05, 0) is 80.7 Å². The maximum atomic E-state index is 11.1. The average molecular weight is 527 g/mol. The van der Waals surface area contributed by atoms with Crippen molar-refractivity contribution in [1.29, 1.82) is 0 Å². The molecule has 0 unspecified atom stereocenters. The van der Waals surface area contributed by atoms with Crippen molar-refractivity contribution >= 4 is 11.8 Å². The van der Waals surface area contributed by atoms with Gasteiger partial charge in [-0.25, -0.2) is 0 Å². The molecule has 208 valence electrons. The number of thioether (sulfide) groups is 1. The standard InChI is InChI=1S/C34H54O2S/c1-31(2,3)17-25-13-23(14-26(29(25)35)18-32(4,5)6)21-37-22-24-15-27(19-33(7,8)9)30(36)28(16-24)20-34(10,11)12/h13-16,35-36H,17-22H2,1-12H3. The monoisotopic (exact) mass is 526 g/mol. The summed E-state index contributed by atoms with van der Waals surface area (Å²) >= 11 is 1.91. The van der Waals surface area contributed by atoms with Crippen molar-refractivity contribution in [3.05, 3.63) is 57.6 Å². The Balaban J connectivity index is 2.33. The van der Waals surface area contributed by atoms with Gasteiger partial charge in [-0.1, -0.05) is 107 Å². The summed E-state index contributed by atoms with van der Waals surface area (Å²) in [7, 11) is 0. The van der Waals surface area contributed by atoms with E-state index in [2.05, 4.69) is 107 Å². The molecule has 0 saturated heterocycles. The van der Waals surface area contributed by atoms with E-state index in [4.69, 9.17) is 0 Å². The normalized spacial score (nSPS) is 13.3. The molecule has 0 heterocycles. The van der Waals surface area contributed by atoms with E-state index in [9.17, 15) is 10.2 Å². The highest BCUT2D eigenvalue weighted by molar-refractivity contribution is 7.97. The van der Waals surface area contributed by atoms with Crippen LogP contribution in [0.25, 0.3) is 0 Å². The van der Waals surface area contributed by atoms with Crippen molar-refractivity contribution in [2.45, 2.75) is 120 Å². The lowest BCUT2D eigenvalue weighted by atomic mass is 9.83. The van der Waals surface area contributed by atoms with E-state index >= 15 is 0 Å². The Kier molecular flexibility index (Phi) is 9.94. The minimum absolute atomic E-state index is 0.112. The topological polar surface area (TPSA) is 40.5 Å². The van der Waals surface area contributed by atoms with Crippen molar-refractivity contribution < 1.29 is 10.2 Å². The summed E-state index contributed by atoms with van der Waals surface area (Å²) in [6.07, 6.45) is 3.44. The smallest absolute Gasteiger partial charge is 0.122 e. The zero-order valence-corrected chi connectivity index (χ0v) is 26.7. The van der Waals surface area contributed by atoms with Crippen LogP contribution in [0.2, 0.25) is 0 Å². The van der Waals surface area contributed by atoms with E-state index in [1.54, 1.807) is 0 Å². The molecule has 0 spiro atoms. The van der Waals surface area contributed by atoms with E-state index in [1.807, 2.05) is 11.8 Å². The molecule has 2 nitrogen and oxygen atoms in total. The predicted octanol–water partition coefficient (Wildman–Crippen LogP) is 9.89. The Bertz CT molecular complexity index is 894. The molecule has 0 aliphatic carbocycles. The molecule has 2 aromatic carbocycles. The highest BCUT2D eigenvalue weighted by Gasteiger charge is 2.22. The van der Waals surface area contributed by atoms with Gasteiger partial charge in [0, 0.05) is 11.5 Å². The van der Waals surface area contributed by atoms with Crippen LogP contribution in [0.5, 0.6) is 11.5 Å². The fraction of sp³-hybridized carbons (Fsp3) is 0.647. The summed E-state index contributed by atoms with van der Waals surface area (Å²) < 4.78 is 0. The van der Waals surface area contributed by atoms with Crippen molar-refractivity contribution in [2.75, 3.05) is 0 Å². The average Bonchev–Trinajstić information content (AvgIpc) is 2.64. The molecule has 0 fully saturated rings. The van der Waals surface area contributed by atoms with E-state index in [0.29, 0.717) is 11.5 Å². The predicted molar refractivity (Wildman–Crippen MR) is 164 cm³/mol. The number of phenolic OH excluding ortho intramolecular Hbond substituents is 2. The highest BCUT2D eigenvalue weighted by atomic mass is 32.2. The van der Waals surface area contributed by atoms with Crippen LogP contribution in [0.4, 0.5) is 0 Å². The van der Waals surface area contributed by atoms with Crippen LogP contribution in [0.1, 0.15) is 116 Å².